The maximum atomic E-state index is 3.46. The van der Waals surface area contributed by atoms with Crippen molar-refractivity contribution in [1.29, 1.82) is 0 Å². The van der Waals surface area contributed by atoms with E-state index in [9.17, 15) is 0 Å². The zero-order valence-corrected chi connectivity index (χ0v) is 12.0. The largest absolute Gasteiger partial charge is 0.383 e. The van der Waals surface area contributed by atoms with E-state index in [2.05, 4.69) is 84.4 Å². The molecule has 0 atom stereocenters. The number of nitrogens with zero attached hydrogens (tertiary/aromatic N) is 2. The van der Waals surface area contributed by atoms with Crippen LogP contribution in [0.4, 0.5) is 0 Å². The van der Waals surface area contributed by atoms with Crippen molar-refractivity contribution in [2.75, 3.05) is 34.7 Å². The fourth-order valence-corrected chi connectivity index (χ4v) is 1.79. The SMILES string of the molecule is CN(C)/C=C(/CN(C)C)c1ccc(Br)cc1. The van der Waals surface area contributed by atoms with Crippen LogP contribution in [0, 0.1) is 0 Å². The van der Waals surface area contributed by atoms with Gasteiger partial charge in [-0.05, 0) is 37.4 Å². The summed E-state index contributed by atoms with van der Waals surface area (Å²) < 4.78 is 1.12. The van der Waals surface area contributed by atoms with Gasteiger partial charge in [-0.25, -0.2) is 0 Å². The van der Waals surface area contributed by atoms with E-state index in [0.29, 0.717) is 0 Å². The van der Waals surface area contributed by atoms with Gasteiger partial charge in [0.1, 0.15) is 0 Å². The van der Waals surface area contributed by atoms with E-state index in [4.69, 9.17) is 0 Å². The maximum absolute atomic E-state index is 3.46. The molecule has 0 N–H and O–H groups in total. The lowest BCUT2D eigenvalue weighted by Gasteiger charge is -2.16. The Morgan fingerprint density at radius 3 is 2.12 bits per heavy atom. The normalized spacial score (nSPS) is 12.0. The van der Waals surface area contributed by atoms with Gasteiger partial charge in [-0.15, -0.1) is 0 Å². The average molecular weight is 283 g/mol. The van der Waals surface area contributed by atoms with Crippen molar-refractivity contribution < 1.29 is 0 Å². The van der Waals surface area contributed by atoms with Crippen LogP contribution in [0.2, 0.25) is 0 Å². The van der Waals surface area contributed by atoms with Gasteiger partial charge in [-0.2, -0.15) is 0 Å². The van der Waals surface area contributed by atoms with E-state index in [1.165, 1.54) is 11.1 Å². The zero-order valence-electron chi connectivity index (χ0n) is 10.4. The summed E-state index contributed by atoms with van der Waals surface area (Å²) in [5.74, 6) is 0. The number of hydrogen-bond acceptors (Lipinski definition) is 2. The van der Waals surface area contributed by atoms with Crippen LogP contribution >= 0.6 is 15.9 Å². The molecule has 0 aliphatic carbocycles. The van der Waals surface area contributed by atoms with E-state index in [0.717, 1.165) is 11.0 Å². The van der Waals surface area contributed by atoms with Gasteiger partial charge < -0.3 is 9.80 Å². The molecular weight excluding hydrogens is 264 g/mol. The Hall–Kier alpha value is -0.800. The first kappa shape index (κ1) is 13.3. The molecule has 3 heteroatoms. The van der Waals surface area contributed by atoms with Gasteiger partial charge in [-0.3, -0.25) is 0 Å². The van der Waals surface area contributed by atoms with Gasteiger partial charge in [0, 0.05) is 31.3 Å². The topological polar surface area (TPSA) is 6.48 Å². The molecule has 0 aliphatic heterocycles. The highest BCUT2D eigenvalue weighted by atomic mass is 79.9. The third kappa shape index (κ3) is 4.37. The number of rotatable bonds is 4. The van der Waals surface area contributed by atoms with Crippen LogP contribution in [0.1, 0.15) is 5.56 Å². The van der Waals surface area contributed by atoms with Crippen molar-refractivity contribution in [3.63, 3.8) is 0 Å². The van der Waals surface area contributed by atoms with Crippen LogP contribution in [0.5, 0.6) is 0 Å². The molecule has 1 aromatic rings. The number of benzene rings is 1. The standard InChI is InChI=1S/C13H19BrN2/c1-15(2)9-12(10-16(3)4)11-5-7-13(14)8-6-11/h5-9H,10H2,1-4H3/b12-9-. The number of halogens is 1. The van der Waals surface area contributed by atoms with Crippen molar-refractivity contribution in [3.8, 4) is 0 Å². The first-order valence-electron chi connectivity index (χ1n) is 5.27. The number of hydrogen-bond donors (Lipinski definition) is 0. The molecule has 1 rings (SSSR count). The molecule has 0 saturated carbocycles. The molecule has 0 aliphatic rings. The number of likely N-dealkylation sites (N-methyl/N-ethyl adjacent to an activating group) is 1. The Morgan fingerprint density at radius 1 is 1.12 bits per heavy atom. The molecule has 1 aromatic carbocycles. The lowest BCUT2D eigenvalue weighted by molar-refractivity contribution is 0.459. The molecule has 88 valence electrons. The van der Waals surface area contributed by atoms with E-state index in [1.54, 1.807) is 0 Å². The zero-order chi connectivity index (χ0) is 12.1. The van der Waals surface area contributed by atoms with Crippen LogP contribution in [0.15, 0.2) is 34.9 Å². The second kappa shape index (κ2) is 6.06. The van der Waals surface area contributed by atoms with E-state index in [1.807, 2.05) is 0 Å². The van der Waals surface area contributed by atoms with Gasteiger partial charge in [0.2, 0.25) is 0 Å². The molecular formula is C13H19BrN2. The van der Waals surface area contributed by atoms with Crippen LogP contribution in [-0.2, 0) is 0 Å². The average Bonchev–Trinajstić information content (AvgIpc) is 2.16. The van der Waals surface area contributed by atoms with E-state index >= 15 is 0 Å². The molecule has 0 amide bonds. The minimum absolute atomic E-state index is 0.944. The molecule has 0 radical (unpaired) electrons. The summed E-state index contributed by atoms with van der Waals surface area (Å²) in [4.78, 5) is 4.26. The predicted octanol–water partition coefficient (Wildman–Crippen LogP) is 2.91. The van der Waals surface area contributed by atoms with E-state index < -0.39 is 0 Å². The van der Waals surface area contributed by atoms with Crippen molar-refractivity contribution in [3.05, 3.63) is 40.5 Å². The molecule has 0 heterocycles. The van der Waals surface area contributed by atoms with Crippen LogP contribution < -0.4 is 0 Å². The molecule has 0 bridgehead atoms. The van der Waals surface area contributed by atoms with Crippen LogP contribution in [0.3, 0.4) is 0 Å². The minimum Gasteiger partial charge on any atom is -0.383 e. The Balaban J connectivity index is 2.96. The molecule has 0 fully saturated rings. The lowest BCUT2D eigenvalue weighted by Crippen LogP contribution is -2.16. The van der Waals surface area contributed by atoms with Crippen LogP contribution in [0.25, 0.3) is 5.57 Å². The maximum Gasteiger partial charge on any atom is 0.0247 e. The molecule has 0 unspecified atom stereocenters. The summed E-state index contributed by atoms with van der Waals surface area (Å²) in [6, 6.07) is 8.44. The summed E-state index contributed by atoms with van der Waals surface area (Å²) in [7, 11) is 8.27. The fourth-order valence-electron chi connectivity index (χ4n) is 1.52. The Labute approximate surface area is 107 Å². The molecule has 0 aromatic heterocycles. The van der Waals surface area contributed by atoms with Crippen LogP contribution in [-0.4, -0.2) is 44.5 Å². The van der Waals surface area contributed by atoms with Crippen molar-refractivity contribution >= 4 is 21.5 Å². The summed E-state index contributed by atoms with van der Waals surface area (Å²) in [5, 5.41) is 0. The Morgan fingerprint density at radius 2 is 1.69 bits per heavy atom. The molecule has 16 heavy (non-hydrogen) atoms. The van der Waals surface area contributed by atoms with Gasteiger partial charge in [0.25, 0.3) is 0 Å². The van der Waals surface area contributed by atoms with Gasteiger partial charge >= 0.3 is 0 Å². The fraction of sp³-hybridized carbons (Fsp3) is 0.385. The highest BCUT2D eigenvalue weighted by Crippen LogP contribution is 2.18. The third-order valence-electron chi connectivity index (χ3n) is 2.12. The van der Waals surface area contributed by atoms with Gasteiger partial charge in [-0.1, -0.05) is 28.1 Å². The second-order valence-electron chi connectivity index (χ2n) is 4.36. The van der Waals surface area contributed by atoms with Gasteiger partial charge in [0.15, 0.2) is 0 Å². The molecule has 0 spiro atoms. The summed E-state index contributed by atoms with van der Waals surface area (Å²) in [6.07, 6.45) is 2.17. The van der Waals surface area contributed by atoms with Crippen molar-refractivity contribution in [1.82, 2.24) is 9.80 Å². The third-order valence-corrected chi connectivity index (χ3v) is 2.64. The lowest BCUT2D eigenvalue weighted by atomic mass is 10.1. The van der Waals surface area contributed by atoms with Crippen molar-refractivity contribution in [2.24, 2.45) is 0 Å². The molecule has 0 saturated heterocycles. The minimum atomic E-state index is 0.944. The summed E-state index contributed by atoms with van der Waals surface area (Å²) in [5.41, 5.74) is 2.59. The first-order chi connectivity index (χ1) is 7.49. The predicted molar refractivity (Wildman–Crippen MR) is 74.4 cm³/mol. The highest BCUT2D eigenvalue weighted by molar-refractivity contribution is 9.10. The Bertz CT molecular complexity index is 353. The van der Waals surface area contributed by atoms with Gasteiger partial charge in [0.05, 0.1) is 0 Å². The smallest absolute Gasteiger partial charge is 0.0247 e. The summed E-state index contributed by atoms with van der Waals surface area (Å²) >= 11 is 3.46. The second-order valence-corrected chi connectivity index (χ2v) is 5.28. The van der Waals surface area contributed by atoms with E-state index in [-0.39, 0.29) is 0 Å². The Kier molecular flexibility index (Phi) is 5.03. The quantitative estimate of drug-likeness (QED) is 0.838. The monoisotopic (exact) mass is 282 g/mol. The highest BCUT2D eigenvalue weighted by Gasteiger charge is 2.03. The van der Waals surface area contributed by atoms with Crippen molar-refractivity contribution in [2.45, 2.75) is 0 Å². The molecule has 2 nitrogen and oxygen atoms in total. The summed E-state index contributed by atoms with van der Waals surface area (Å²) in [6.45, 7) is 0.944. The first-order valence-corrected chi connectivity index (χ1v) is 6.06.